The van der Waals surface area contributed by atoms with Crippen molar-refractivity contribution in [2.75, 3.05) is 52.4 Å². The van der Waals surface area contributed by atoms with Crippen LogP contribution in [0.4, 0.5) is 0 Å². The van der Waals surface area contributed by atoms with Gasteiger partial charge in [0.2, 0.25) is 11.8 Å². The zero-order valence-corrected chi connectivity index (χ0v) is 20.0. The highest BCUT2D eigenvalue weighted by Gasteiger charge is 2.34. The fourth-order valence-electron chi connectivity index (χ4n) is 4.30. The van der Waals surface area contributed by atoms with E-state index < -0.39 is 0 Å². The molecular weight excluding hydrogens is 428 g/mol. The highest BCUT2D eigenvalue weighted by atomic mass is 32.1. The summed E-state index contributed by atoms with van der Waals surface area (Å²) in [6, 6.07) is 6.45. The summed E-state index contributed by atoms with van der Waals surface area (Å²) in [5.41, 5.74) is 1.30. The lowest BCUT2D eigenvalue weighted by molar-refractivity contribution is -0.135. The van der Waals surface area contributed by atoms with Gasteiger partial charge in [-0.3, -0.25) is 19.4 Å². The maximum Gasteiger partial charge on any atom is 0.237 e. The minimum absolute atomic E-state index is 0.0495. The first-order chi connectivity index (χ1) is 15.0. The molecule has 1 unspecified atom stereocenters. The van der Waals surface area contributed by atoms with Crippen LogP contribution in [0.25, 0.3) is 0 Å². The van der Waals surface area contributed by atoms with E-state index in [1.807, 2.05) is 0 Å². The van der Waals surface area contributed by atoms with E-state index in [9.17, 15) is 9.59 Å². The van der Waals surface area contributed by atoms with E-state index in [1.54, 1.807) is 22.7 Å². The van der Waals surface area contributed by atoms with E-state index >= 15 is 0 Å². The van der Waals surface area contributed by atoms with Gasteiger partial charge in [0.25, 0.3) is 0 Å². The van der Waals surface area contributed by atoms with Crippen LogP contribution in [0.2, 0.25) is 0 Å². The summed E-state index contributed by atoms with van der Waals surface area (Å²) in [7, 11) is 0. The van der Waals surface area contributed by atoms with E-state index in [4.69, 9.17) is 0 Å². The summed E-state index contributed by atoms with van der Waals surface area (Å²) in [4.78, 5) is 34.6. The highest BCUT2D eigenvalue weighted by Crippen LogP contribution is 2.39. The molecule has 1 atom stereocenters. The van der Waals surface area contributed by atoms with Crippen LogP contribution in [0.15, 0.2) is 29.0 Å². The van der Waals surface area contributed by atoms with Crippen molar-refractivity contribution in [3.05, 3.63) is 44.3 Å². The molecule has 1 N–H and O–H groups in total. The monoisotopic (exact) mass is 460 g/mol. The van der Waals surface area contributed by atoms with E-state index in [0.717, 1.165) is 45.7 Å². The topological polar surface area (TPSA) is 55.9 Å². The average Bonchev–Trinajstić information content (AvgIpc) is 3.45. The van der Waals surface area contributed by atoms with Crippen LogP contribution >= 0.6 is 22.7 Å². The minimum Gasteiger partial charge on any atom is -0.355 e. The van der Waals surface area contributed by atoms with Gasteiger partial charge in [0, 0.05) is 49.0 Å². The molecule has 1 saturated heterocycles. The molecule has 2 amide bonds. The van der Waals surface area contributed by atoms with Crippen molar-refractivity contribution < 1.29 is 9.59 Å². The molecule has 0 aliphatic carbocycles. The van der Waals surface area contributed by atoms with Crippen LogP contribution in [0.3, 0.4) is 0 Å². The number of hydrogen-bond acceptors (Lipinski definition) is 6. The number of piperazine rings is 1. The third-order valence-electron chi connectivity index (χ3n) is 6.00. The molecule has 0 aromatic carbocycles. The highest BCUT2D eigenvalue weighted by molar-refractivity contribution is 7.10. The largest absolute Gasteiger partial charge is 0.355 e. The van der Waals surface area contributed by atoms with Crippen molar-refractivity contribution in [3.63, 3.8) is 0 Å². The molecule has 1 fully saturated rings. The second-order valence-electron chi connectivity index (χ2n) is 8.80. The smallest absolute Gasteiger partial charge is 0.237 e. The van der Waals surface area contributed by atoms with Crippen molar-refractivity contribution in [1.82, 2.24) is 20.0 Å². The summed E-state index contributed by atoms with van der Waals surface area (Å²) in [5, 5.41) is 7.23. The van der Waals surface area contributed by atoms with Crippen LogP contribution in [-0.2, 0) is 16.0 Å². The summed E-state index contributed by atoms with van der Waals surface area (Å²) >= 11 is 3.53. The lowest BCUT2D eigenvalue weighted by Gasteiger charge is -2.38. The zero-order chi connectivity index (χ0) is 21.8. The molecule has 2 aromatic rings. The fourth-order valence-corrected chi connectivity index (χ4v) is 6.06. The van der Waals surface area contributed by atoms with Crippen LogP contribution in [0.5, 0.6) is 0 Å². The number of nitrogens with one attached hydrogen (secondary N) is 1. The Labute approximate surface area is 192 Å². The molecule has 31 heavy (non-hydrogen) atoms. The molecule has 4 rings (SSSR count). The van der Waals surface area contributed by atoms with Gasteiger partial charge in [-0.25, -0.2) is 0 Å². The van der Waals surface area contributed by atoms with Crippen LogP contribution in [-0.4, -0.2) is 78.9 Å². The predicted octanol–water partition coefficient (Wildman–Crippen LogP) is 2.67. The molecule has 2 aromatic heterocycles. The Morgan fingerprint density at radius 3 is 2.45 bits per heavy atom. The SMILES string of the molecule is CC(C)CNC(=O)CN1CCN(CC(=O)N2CCc3sccc3C2c2cccs2)CC1. The average molecular weight is 461 g/mol. The first-order valence-corrected chi connectivity index (χ1v) is 12.9. The normalized spacial score (nSPS) is 20.1. The lowest BCUT2D eigenvalue weighted by Crippen LogP contribution is -2.52. The summed E-state index contributed by atoms with van der Waals surface area (Å²) in [5.74, 6) is 0.764. The van der Waals surface area contributed by atoms with Gasteiger partial charge in [-0.15, -0.1) is 22.7 Å². The Bertz CT molecular complexity index is 872. The molecule has 0 radical (unpaired) electrons. The van der Waals surface area contributed by atoms with Crippen LogP contribution in [0.1, 0.15) is 35.2 Å². The lowest BCUT2D eigenvalue weighted by atomic mass is 9.98. The van der Waals surface area contributed by atoms with Crippen molar-refractivity contribution in [1.29, 1.82) is 0 Å². The molecular formula is C23H32N4O2S2. The van der Waals surface area contributed by atoms with Crippen molar-refractivity contribution in [2.45, 2.75) is 26.3 Å². The standard InChI is InChI=1S/C23H32N4O2S2/c1-17(2)14-24-21(28)15-25-8-10-26(11-9-25)16-22(29)27-7-5-19-18(6-13-31-19)23(27)20-4-3-12-30-20/h3-4,6,12-13,17,23H,5,7-11,14-16H2,1-2H3,(H,24,28). The number of thiophene rings is 2. The Morgan fingerprint density at radius 1 is 1.03 bits per heavy atom. The molecule has 4 heterocycles. The maximum absolute atomic E-state index is 13.3. The molecule has 168 valence electrons. The van der Waals surface area contributed by atoms with E-state index in [2.05, 4.69) is 62.8 Å². The van der Waals surface area contributed by atoms with E-state index in [1.165, 1.54) is 15.3 Å². The molecule has 0 saturated carbocycles. The molecule has 0 bridgehead atoms. The number of rotatable bonds is 7. The van der Waals surface area contributed by atoms with E-state index in [0.29, 0.717) is 19.0 Å². The van der Waals surface area contributed by atoms with Gasteiger partial charge in [-0.05, 0) is 40.8 Å². The Morgan fingerprint density at radius 2 is 1.77 bits per heavy atom. The predicted molar refractivity (Wildman–Crippen MR) is 127 cm³/mol. The van der Waals surface area contributed by atoms with Crippen molar-refractivity contribution in [2.24, 2.45) is 5.92 Å². The van der Waals surface area contributed by atoms with Gasteiger partial charge in [-0.1, -0.05) is 19.9 Å². The molecule has 2 aliphatic rings. The first-order valence-electron chi connectivity index (χ1n) is 11.1. The summed E-state index contributed by atoms with van der Waals surface area (Å²) < 4.78 is 0. The number of nitrogens with zero attached hydrogens (tertiary/aromatic N) is 3. The number of carbonyl (C=O) groups excluding carboxylic acids is 2. The third-order valence-corrected chi connectivity index (χ3v) is 7.92. The summed E-state index contributed by atoms with van der Waals surface area (Å²) in [6.45, 7) is 9.90. The second kappa shape index (κ2) is 10.3. The van der Waals surface area contributed by atoms with Gasteiger partial charge in [0.1, 0.15) is 0 Å². The molecule has 8 heteroatoms. The van der Waals surface area contributed by atoms with Crippen molar-refractivity contribution >= 4 is 34.5 Å². The van der Waals surface area contributed by atoms with Gasteiger partial charge in [0.05, 0.1) is 19.1 Å². The Hall–Kier alpha value is -1.74. The van der Waals surface area contributed by atoms with Gasteiger partial charge < -0.3 is 10.2 Å². The zero-order valence-electron chi connectivity index (χ0n) is 18.4. The fraction of sp³-hybridized carbons (Fsp3) is 0.565. The first kappa shape index (κ1) is 22.5. The maximum atomic E-state index is 13.3. The second-order valence-corrected chi connectivity index (χ2v) is 10.8. The third kappa shape index (κ3) is 5.55. The number of hydrogen-bond donors (Lipinski definition) is 1. The Kier molecular flexibility index (Phi) is 7.43. The Balaban J connectivity index is 1.31. The van der Waals surface area contributed by atoms with Gasteiger partial charge in [0.15, 0.2) is 0 Å². The summed E-state index contributed by atoms with van der Waals surface area (Å²) in [6.07, 6.45) is 0.944. The molecule has 0 spiro atoms. The van der Waals surface area contributed by atoms with Gasteiger partial charge in [-0.2, -0.15) is 0 Å². The van der Waals surface area contributed by atoms with Crippen LogP contribution in [0, 0.1) is 5.92 Å². The quantitative estimate of drug-likeness (QED) is 0.690. The number of amides is 2. The van der Waals surface area contributed by atoms with Crippen LogP contribution < -0.4 is 5.32 Å². The van der Waals surface area contributed by atoms with E-state index in [-0.39, 0.29) is 17.9 Å². The number of carbonyl (C=O) groups is 2. The molecule has 6 nitrogen and oxygen atoms in total. The van der Waals surface area contributed by atoms with Gasteiger partial charge >= 0.3 is 0 Å². The van der Waals surface area contributed by atoms with Crippen molar-refractivity contribution in [3.8, 4) is 0 Å². The minimum atomic E-state index is 0.0495. The number of fused-ring (bicyclic) bond motifs is 1. The molecule has 2 aliphatic heterocycles.